The second kappa shape index (κ2) is 5.43. The molecule has 0 fully saturated rings. The van der Waals surface area contributed by atoms with Gasteiger partial charge in [0.25, 0.3) is 0 Å². The fraction of sp³-hybridized carbons (Fsp3) is 0.286. The highest BCUT2D eigenvalue weighted by atomic mass is 16.5. The number of hydrogen-bond donors (Lipinski definition) is 1. The van der Waals surface area contributed by atoms with Crippen molar-refractivity contribution in [3.63, 3.8) is 0 Å². The Bertz CT molecular complexity index is 477. The molecule has 3 heteroatoms. The first-order valence-electron chi connectivity index (χ1n) is 5.79. The van der Waals surface area contributed by atoms with E-state index in [-0.39, 0.29) is 0 Å². The number of furan rings is 1. The van der Waals surface area contributed by atoms with Crippen LogP contribution in [0.25, 0.3) is 0 Å². The van der Waals surface area contributed by atoms with E-state index >= 15 is 0 Å². The molecule has 3 nitrogen and oxygen atoms in total. The van der Waals surface area contributed by atoms with E-state index in [0.717, 1.165) is 17.2 Å². The van der Waals surface area contributed by atoms with Crippen molar-refractivity contribution in [2.45, 2.75) is 20.4 Å². The maximum absolute atomic E-state index is 5.44. The molecule has 0 unspecified atom stereocenters. The minimum atomic E-state index is 0.681. The summed E-state index contributed by atoms with van der Waals surface area (Å²) in [5, 5.41) is 3.31. The van der Waals surface area contributed by atoms with Gasteiger partial charge >= 0.3 is 0 Å². The normalized spacial score (nSPS) is 10.2. The van der Waals surface area contributed by atoms with E-state index in [1.165, 1.54) is 5.56 Å². The molecule has 0 saturated heterocycles. The summed E-state index contributed by atoms with van der Waals surface area (Å²) >= 11 is 0. The molecule has 1 aromatic carbocycles. The largest absolute Gasteiger partial charge is 0.494 e. The average molecular weight is 231 g/mol. The lowest BCUT2D eigenvalue weighted by Gasteiger charge is -2.08. The first-order chi connectivity index (χ1) is 8.29. The first-order valence-corrected chi connectivity index (χ1v) is 5.79. The summed E-state index contributed by atoms with van der Waals surface area (Å²) in [6.45, 7) is 5.39. The fourth-order valence-electron chi connectivity index (χ4n) is 1.63. The van der Waals surface area contributed by atoms with Gasteiger partial charge in [-0.2, -0.15) is 0 Å². The van der Waals surface area contributed by atoms with Crippen molar-refractivity contribution in [2.75, 3.05) is 11.9 Å². The number of hydrogen-bond acceptors (Lipinski definition) is 3. The fourth-order valence-corrected chi connectivity index (χ4v) is 1.63. The molecule has 2 rings (SSSR count). The van der Waals surface area contributed by atoms with Crippen LogP contribution < -0.4 is 10.1 Å². The van der Waals surface area contributed by atoms with Crippen molar-refractivity contribution in [1.82, 2.24) is 0 Å². The van der Waals surface area contributed by atoms with Crippen LogP contribution >= 0.6 is 0 Å². The highest BCUT2D eigenvalue weighted by Crippen LogP contribution is 2.18. The summed E-state index contributed by atoms with van der Waals surface area (Å²) < 4.78 is 10.8. The van der Waals surface area contributed by atoms with E-state index in [2.05, 4.69) is 5.32 Å². The SMILES string of the molecule is CCOc1cccc(NCc2occc2C)c1. The van der Waals surface area contributed by atoms with Gasteiger partial charge in [0, 0.05) is 11.8 Å². The van der Waals surface area contributed by atoms with E-state index in [4.69, 9.17) is 9.15 Å². The number of ether oxygens (including phenoxy) is 1. The van der Waals surface area contributed by atoms with Crippen LogP contribution in [0.4, 0.5) is 5.69 Å². The topological polar surface area (TPSA) is 34.4 Å². The lowest BCUT2D eigenvalue weighted by atomic mass is 10.2. The highest BCUT2D eigenvalue weighted by Gasteiger charge is 2.01. The Hall–Kier alpha value is -1.90. The predicted molar refractivity (Wildman–Crippen MR) is 68.4 cm³/mol. The molecule has 1 aromatic heterocycles. The van der Waals surface area contributed by atoms with Crippen LogP contribution in [0.3, 0.4) is 0 Å². The van der Waals surface area contributed by atoms with Crippen LogP contribution in [-0.2, 0) is 6.54 Å². The second-order valence-corrected chi connectivity index (χ2v) is 3.84. The van der Waals surface area contributed by atoms with Gasteiger partial charge < -0.3 is 14.5 Å². The molecule has 0 atom stereocenters. The van der Waals surface area contributed by atoms with E-state index in [9.17, 15) is 0 Å². The van der Waals surface area contributed by atoms with Gasteiger partial charge in [-0.15, -0.1) is 0 Å². The number of rotatable bonds is 5. The van der Waals surface area contributed by atoms with E-state index in [1.807, 2.05) is 44.2 Å². The number of benzene rings is 1. The molecule has 0 spiro atoms. The Balaban J connectivity index is 1.99. The third-order valence-corrected chi connectivity index (χ3v) is 2.57. The summed E-state index contributed by atoms with van der Waals surface area (Å²) in [6.07, 6.45) is 1.71. The molecule has 0 radical (unpaired) electrons. The maximum Gasteiger partial charge on any atom is 0.125 e. The smallest absolute Gasteiger partial charge is 0.125 e. The Morgan fingerprint density at radius 3 is 2.88 bits per heavy atom. The first kappa shape index (κ1) is 11.6. The Morgan fingerprint density at radius 1 is 1.29 bits per heavy atom. The third-order valence-electron chi connectivity index (χ3n) is 2.57. The standard InChI is InChI=1S/C14H17NO2/c1-3-16-13-6-4-5-12(9-13)15-10-14-11(2)7-8-17-14/h4-9,15H,3,10H2,1-2H3. The number of aryl methyl sites for hydroxylation is 1. The van der Waals surface area contributed by atoms with Gasteiger partial charge in [-0.25, -0.2) is 0 Å². The summed E-state index contributed by atoms with van der Waals surface area (Å²) in [5.41, 5.74) is 2.20. The molecule has 1 heterocycles. The molecular weight excluding hydrogens is 214 g/mol. The van der Waals surface area contributed by atoms with Gasteiger partial charge in [-0.05, 0) is 37.6 Å². The molecule has 17 heavy (non-hydrogen) atoms. The lowest BCUT2D eigenvalue weighted by molar-refractivity contribution is 0.340. The Kier molecular flexibility index (Phi) is 3.70. The zero-order valence-electron chi connectivity index (χ0n) is 10.2. The molecule has 0 amide bonds. The van der Waals surface area contributed by atoms with Gasteiger partial charge in [0.2, 0.25) is 0 Å². The molecule has 2 aromatic rings. The van der Waals surface area contributed by atoms with Crippen LogP contribution in [0, 0.1) is 6.92 Å². The van der Waals surface area contributed by atoms with Gasteiger partial charge in [-0.3, -0.25) is 0 Å². The summed E-state index contributed by atoms with van der Waals surface area (Å²) in [5.74, 6) is 1.85. The molecule has 0 aliphatic heterocycles. The summed E-state index contributed by atoms with van der Waals surface area (Å²) in [4.78, 5) is 0. The monoisotopic (exact) mass is 231 g/mol. The van der Waals surface area contributed by atoms with Gasteiger partial charge in [-0.1, -0.05) is 6.07 Å². The van der Waals surface area contributed by atoms with Crippen LogP contribution in [0.5, 0.6) is 5.75 Å². The van der Waals surface area contributed by atoms with Crippen molar-refractivity contribution in [2.24, 2.45) is 0 Å². The van der Waals surface area contributed by atoms with Crippen molar-refractivity contribution < 1.29 is 9.15 Å². The van der Waals surface area contributed by atoms with Crippen LogP contribution in [0.1, 0.15) is 18.2 Å². The molecule has 90 valence electrons. The van der Waals surface area contributed by atoms with Crippen LogP contribution in [0.15, 0.2) is 41.0 Å². The molecular formula is C14H17NO2. The Labute approximate surface area is 101 Å². The van der Waals surface area contributed by atoms with Crippen molar-refractivity contribution in [3.8, 4) is 5.75 Å². The zero-order valence-corrected chi connectivity index (χ0v) is 10.2. The molecule has 0 aliphatic rings. The molecule has 1 N–H and O–H groups in total. The van der Waals surface area contributed by atoms with Crippen molar-refractivity contribution >= 4 is 5.69 Å². The summed E-state index contributed by atoms with van der Waals surface area (Å²) in [6, 6.07) is 9.89. The average Bonchev–Trinajstić information content (AvgIpc) is 2.73. The van der Waals surface area contributed by atoms with E-state index in [0.29, 0.717) is 13.2 Å². The van der Waals surface area contributed by atoms with Gasteiger partial charge in [0.05, 0.1) is 19.4 Å². The highest BCUT2D eigenvalue weighted by molar-refractivity contribution is 5.48. The number of anilines is 1. The van der Waals surface area contributed by atoms with Crippen LogP contribution in [-0.4, -0.2) is 6.61 Å². The maximum atomic E-state index is 5.44. The van der Waals surface area contributed by atoms with Crippen molar-refractivity contribution in [1.29, 1.82) is 0 Å². The minimum Gasteiger partial charge on any atom is -0.494 e. The van der Waals surface area contributed by atoms with E-state index < -0.39 is 0 Å². The number of nitrogens with one attached hydrogen (secondary N) is 1. The molecule has 0 saturated carbocycles. The predicted octanol–water partition coefficient (Wildman–Crippen LogP) is 3.60. The van der Waals surface area contributed by atoms with Gasteiger partial charge in [0.15, 0.2) is 0 Å². The minimum absolute atomic E-state index is 0.681. The second-order valence-electron chi connectivity index (χ2n) is 3.84. The Morgan fingerprint density at radius 2 is 2.18 bits per heavy atom. The quantitative estimate of drug-likeness (QED) is 0.853. The van der Waals surface area contributed by atoms with Crippen LogP contribution in [0.2, 0.25) is 0 Å². The molecule has 0 bridgehead atoms. The van der Waals surface area contributed by atoms with Gasteiger partial charge in [0.1, 0.15) is 11.5 Å². The molecule has 0 aliphatic carbocycles. The van der Waals surface area contributed by atoms with Crippen molar-refractivity contribution in [3.05, 3.63) is 47.9 Å². The van der Waals surface area contributed by atoms with E-state index in [1.54, 1.807) is 6.26 Å². The lowest BCUT2D eigenvalue weighted by Crippen LogP contribution is -2.00. The third kappa shape index (κ3) is 3.03. The zero-order chi connectivity index (χ0) is 12.1. The summed E-state index contributed by atoms with van der Waals surface area (Å²) in [7, 11) is 0.